The minimum Gasteiger partial charge on any atom is -0.491 e. The van der Waals surface area contributed by atoms with Gasteiger partial charge < -0.3 is 24.4 Å². The minimum atomic E-state index is -0.465. The van der Waals surface area contributed by atoms with Gasteiger partial charge in [-0.1, -0.05) is 37.5 Å². The highest BCUT2D eigenvalue weighted by molar-refractivity contribution is 5.33. The Labute approximate surface area is 195 Å². The Morgan fingerprint density at radius 3 is 2.62 bits per heavy atom. The van der Waals surface area contributed by atoms with Crippen LogP contribution in [-0.4, -0.2) is 98.6 Å². The molecule has 1 saturated heterocycles. The molecule has 1 saturated carbocycles. The lowest BCUT2D eigenvalue weighted by Gasteiger charge is -2.32. The molecule has 1 aliphatic heterocycles. The summed E-state index contributed by atoms with van der Waals surface area (Å²) in [6.45, 7) is 8.03. The number of benzene rings is 1. The molecule has 32 heavy (non-hydrogen) atoms. The molecule has 6 heteroatoms. The smallest absolute Gasteiger partial charge is 0.123 e. The van der Waals surface area contributed by atoms with E-state index in [2.05, 4.69) is 40.9 Å². The monoisotopic (exact) mass is 447 g/mol. The number of morpholine rings is 1. The van der Waals surface area contributed by atoms with Crippen molar-refractivity contribution >= 4 is 0 Å². The summed E-state index contributed by atoms with van der Waals surface area (Å²) in [6.07, 6.45) is 8.46. The molecule has 1 aliphatic carbocycles. The second kappa shape index (κ2) is 14.2. The number of aliphatic hydroxyl groups excluding tert-OH is 1. The van der Waals surface area contributed by atoms with Crippen molar-refractivity contribution in [1.29, 1.82) is 0 Å². The highest BCUT2D eigenvalue weighted by Gasteiger charge is 2.20. The first-order chi connectivity index (χ1) is 15.6. The van der Waals surface area contributed by atoms with Crippen LogP contribution in [0.15, 0.2) is 24.3 Å². The molecule has 1 aromatic rings. The first-order valence-electron chi connectivity index (χ1n) is 12.7. The molecular formula is C26H45N3O3. The Morgan fingerprint density at radius 2 is 1.84 bits per heavy atom. The van der Waals surface area contributed by atoms with E-state index in [0.717, 1.165) is 45.1 Å². The number of rotatable bonds is 13. The minimum absolute atomic E-state index is 0.345. The molecule has 0 unspecified atom stereocenters. The molecule has 0 aromatic heterocycles. The fourth-order valence-corrected chi connectivity index (χ4v) is 4.93. The summed E-state index contributed by atoms with van der Waals surface area (Å²) in [6, 6.07) is 8.87. The van der Waals surface area contributed by atoms with Crippen LogP contribution in [0.1, 0.15) is 50.5 Å². The van der Waals surface area contributed by atoms with Crippen molar-refractivity contribution in [3.8, 4) is 5.75 Å². The average Bonchev–Trinajstić information content (AvgIpc) is 2.82. The van der Waals surface area contributed by atoms with E-state index >= 15 is 0 Å². The Hall–Kier alpha value is -1.18. The van der Waals surface area contributed by atoms with Crippen LogP contribution < -0.4 is 4.74 Å². The summed E-state index contributed by atoms with van der Waals surface area (Å²) in [5.74, 6) is 0.895. The van der Waals surface area contributed by atoms with Gasteiger partial charge in [0.05, 0.1) is 13.2 Å². The summed E-state index contributed by atoms with van der Waals surface area (Å²) >= 11 is 0. The lowest BCUT2D eigenvalue weighted by Crippen LogP contribution is -2.40. The van der Waals surface area contributed by atoms with Gasteiger partial charge in [0, 0.05) is 37.8 Å². The number of nitrogens with zero attached hydrogens (tertiary/aromatic N) is 3. The number of para-hydroxylation sites is 1. The van der Waals surface area contributed by atoms with E-state index in [1.807, 2.05) is 12.1 Å². The lowest BCUT2D eigenvalue weighted by atomic mass is 9.94. The van der Waals surface area contributed by atoms with Gasteiger partial charge in [0.1, 0.15) is 18.5 Å². The van der Waals surface area contributed by atoms with Gasteiger partial charge in [-0.25, -0.2) is 0 Å². The molecule has 0 radical (unpaired) electrons. The van der Waals surface area contributed by atoms with Crippen molar-refractivity contribution in [2.75, 3.05) is 66.6 Å². The second-order valence-corrected chi connectivity index (χ2v) is 9.70. The van der Waals surface area contributed by atoms with Crippen molar-refractivity contribution in [3.05, 3.63) is 29.8 Å². The van der Waals surface area contributed by atoms with Crippen LogP contribution in [0.5, 0.6) is 5.75 Å². The van der Waals surface area contributed by atoms with Gasteiger partial charge in [0.2, 0.25) is 0 Å². The van der Waals surface area contributed by atoms with Crippen molar-refractivity contribution in [2.24, 2.45) is 0 Å². The van der Waals surface area contributed by atoms with Crippen molar-refractivity contribution < 1.29 is 14.6 Å². The molecule has 1 N–H and O–H groups in total. The highest BCUT2D eigenvalue weighted by atomic mass is 16.5. The number of likely N-dealkylation sites (N-methyl/N-ethyl adjacent to an activating group) is 1. The fraction of sp³-hybridized carbons (Fsp3) is 0.769. The Morgan fingerprint density at radius 1 is 1.09 bits per heavy atom. The average molecular weight is 448 g/mol. The zero-order chi connectivity index (χ0) is 22.6. The van der Waals surface area contributed by atoms with E-state index in [-0.39, 0.29) is 0 Å². The normalized spacial score (nSPS) is 19.5. The van der Waals surface area contributed by atoms with E-state index in [0.29, 0.717) is 19.2 Å². The summed E-state index contributed by atoms with van der Waals surface area (Å²) in [5.41, 5.74) is 1.19. The maximum absolute atomic E-state index is 10.5. The number of ether oxygens (including phenoxy) is 2. The molecular weight excluding hydrogens is 402 g/mol. The molecule has 1 atom stereocenters. The molecule has 1 aromatic carbocycles. The summed E-state index contributed by atoms with van der Waals surface area (Å²) in [5, 5.41) is 10.5. The van der Waals surface area contributed by atoms with Gasteiger partial charge in [0.25, 0.3) is 0 Å². The predicted octanol–water partition coefficient (Wildman–Crippen LogP) is 3.24. The molecule has 6 nitrogen and oxygen atoms in total. The number of hydrogen-bond acceptors (Lipinski definition) is 6. The highest BCUT2D eigenvalue weighted by Crippen LogP contribution is 2.22. The largest absolute Gasteiger partial charge is 0.491 e. The number of hydrogen-bond donors (Lipinski definition) is 1. The topological polar surface area (TPSA) is 48.4 Å². The molecule has 2 aliphatic rings. The van der Waals surface area contributed by atoms with Crippen LogP contribution in [0.25, 0.3) is 0 Å². The van der Waals surface area contributed by atoms with Crippen LogP contribution in [-0.2, 0) is 11.3 Å². The third-order valence-corrected chi connectivity index (χ3v) is 6.91. The summed E-state index contributed by atoms with van der Waals surface area (Å²) < 4.78 is 11.5. The maximum Gasteiger partial charge on any atom is 0.123 e. The van der Waals surface area contributed by atoms with Gasteiger partial charge in [-0.3, -0.25) is 4.90 Å². The Balaban J connectivity index is 1.36. The van der Waals surface area contributed by atoms with Crippen LogP contribution in [0.4, 0.5) is 0 Å². The zero-order valence-corrected chi connectivity index (χ0v) is 20.4. The van der Waals surface area contributed by atoms with Crippen molar-refractivity contribution in [1.82, 2.24) is 14.7 Å². The predicted molar refractivity (Wildman–Crippen MR) is 130 cm³/mol. The first kappa shape index (κ1) is 25.4. The van der Waals surface area contributed by atoms with Gasteiger partial charge in [0.15, 0.2) is 0 Å². The number of aliphatic hydroxyl groups is 1. The summed E-state index contributed by atoms with van der Waals surface area (Å²) in [4.78, 5) is 7.20. The van der Waals surface area contributed by atoms with E-state index in [9.17, 15) is 5.11 Å². The van der Waals surface area contributed by atoms with Crippen LogP contribution in [0, 0.1) is 0 Å². The van der Waals surface area contributed by atoms with E-state index in [1.165, 1.54) is 57.1 Å². The van der Waals surface area contributed by atoms with E-state index in [1.54, 1.807) is 0 Å². The SMILES string of the molecule is CN(CCCCN1CCOCC1)Cc1ccccc1OC[C@@H](O)CN(C)C1CCCCC1. The first-order valence-corrected chi connectivity index (χ1v) is 12.7. The van der Waals surface area contributed by atoms with Gasteiger partial charge >= 0.3 is 0 Å². The third kappa shape index (κ3) is 8.99. The summed E-state index contributed by atoms with van der Waals surface area (Å²) in [7, 11) is 4.32. The van der Waals surface area contributed by atoms with Crippen molar-refractivity contribution in [3.63, 3.8) is 0 Å². The van der Waals surface area contributed by atoms with Gasteiger partial charge in [-0.15, -0.1) is 0 Å². The Kier molecular flexibility index (Phi) is 11.3. The molecule has 0 spiro atoms. The van der Waals surface area contributed by atoms with Gasteiger partial charge in [-0.2, -0.15) is 0 Å². The molecule has 3 rings (SSSR count). The lowest BCUT2D eigenvalue weighted by molar-refractivity contribution is 0.0369. The maximum atomic E-state index is 10.5. The Bertz CT molecular complexity index is 632. The molecule has 1 heterocycles. The number of unbranched alkanes of at least 4 members (excludes halogenated alkanes) is 1. The second-order valence-electron chi connectivity index (χ2n) is 9.70. The van der Waals surface area contributed by atoms with Crippen LogP contribution in [0.3, 0.4) is 0 Å². The van der Waals surface area contributed by atoms with Gasteiger partial charge in [-0.05, 0) is 58.9 Å². The molecule has 0 amide bonds. The standard InChI is InChI=1S/C26H45N3O3/c1-27(14-8-9-15-29-16-18-31-19-17-29)20-23-10-6-7-13-26(23)32-22-25(30)21-28(2)24-11-4-3-5-12-24/h6-7,10,13,24-25,30H,3-5,8-9,11-12,14-22H2,1-2H3/t25-/m0/s1. The third-order valence-electron chi connectivity index (χ3n) is 6.91. The molecule has 0 bridgehead atoms. The fourth-order valence-electron chi connectivity index (χ4n) is 4.93. The van der Waals surface area contributed by atoms with Crippen LogP contribution in [0.2, 0.25) is 0 Å². The van der Waals surface area contributed by atoms with E-state index < -0.39 is 6.10 Å². The molecule has 182 valence electrons. The molecule has 2 fully saturated rings. The zero-order valence-electron chi connectivity index (χ0n) is 20.4. The van der Waals surface area contributed by atoms with E-state index in [4.69, 9.17) is 9.47 Å². The van der Waals surface area contributed by atoms with Crippen LogP contribution >= 0.6 is 0 Å². The van der Waals surface area contributed by atoms with Crippen molar-refractivity contribution in [2.45, 2.75) is 63.6 Å². The quantitative estimate of drug-likeness (QED) is 0.469.